The number of anilines is 1. The summed E-state index contributed by atoms with van der Waals surface area (Å²) in [5.41, 5.74) is 6.92. The van der Waals surface area contributed by atoms with Gasteiger partial charge in [0, 0.05) is 27.8 Å². The quantitative estimate of drug-likeness (QED) is 0.0529. The van der Waals surface area contributed by atoms with Gasteiger partial charge in [-0.25, -0.2) is 14.6 Å². The Kier molecular flexibility index (Phi) is 10.2. The molecule has 53 heavy (non-hydrogen) atoms. The zero-order valence-electron chi connectivity index (χ0n) is 28.3. The van der Waals surface area contributed by atoms with E-state index in [9.17, 15) is 39.6 Å². The van der Waals surface area contributed by atoms with Crippen molar-refractivity contribution >= 4 is 87.0 Å². The summed E-state index contributed by atoms with van der Waals surface area (Å²) in [5.74, 6) is -4.81. The standard InChI is InChI=1S/C34H32Cl2N6O9S2/c1-34(2,32(49)50)51-40-23(20-14-53-33(37)38-20)28(45)39-24-29(46)41-25(31(47)48)17(13-52-30(24)41)9-8-15-4-6-16(7-5-15)10-42(3)11-18-19(12-42)22(36)27(44)26(43)21(18)35/h4-9,14,24,30H,10-13H2,1-3H3,(H6-,37,38,39,40,43,44,45,47,48,49,50)/p+1/b9-8+/t24-,30-/m1/s1. The molecule has 0 spiro atoms. The molecule has 2 atom stereocenters. The molecule has 1 aromatic heterocycles. The number of oxime groups is 1. The number of aliphatic carboxylic acids is 2. The van der Waals surface area contributed by atoms with Gasteiger partial charge in [0.25, 0.3) is 11.8 Å². The number of halogens is 2. The molecule has 19 heteroatoms. The van der Waals surface area contributed by atoms with E-state index in [0.717, 1.165) is 27.4 Å². The lowest BCUT2D eigenvalue weighted by Crippen LogP contribution is -2.71. The number of hydrogen-bond donors (Lipinski definition) is 6. The molecule has 2 aromatic carbocycles. The fourth-order valence-corrected chi connectivity index (χ4v) is 8.56. The number of rotatable bonds is 11. The molecule has 4 heterocycles. The lowest BCUT2D eigenvalue weighted by molar-refractivity contribution is -0.941. The highest BCUT2D eigenvalue weighted by Gasteiger charge is 2.54. The molecule has 0 saturated carbocycles. The van der Waals surface area contributed by atoms with Crippen molar-refractivity contribution in [3.63, 3.8) is 0 Å². The second-order valence-corrected chi connectivity index (χ2v) is 16.2. The van der Waals surface area contributed by atoms with Gasteiger partial charge in [-0.3, -0.25) is 14.5 Å². The third kappa shape index (κ3) is 7.26. The summed E-state index contributed by atoms with van der Waals surface area (Å²) in [6, 6.07) is 6.55. The van der Waals surface area contributed by atoms with Gasteiger partial charge in [0.05, 0.1) is 17.1 Å². The maximum absolute atomic E-state index is 13.3. The molecule has 3 aromatic rings. The number of amides is 2. The van der Waals surface area contributed by atoms with Gasteiger partial charge in [0.1, 0.15) is 42.4 Å². The molecule has 1 fully saturated rings. The second kappa shape index (κ2) is 14.2. The monoisotopic (exact) mass is 803 g/mol. The van der Waals surface area contributed by atoms with Gasteiger partial charge in [-0.2, -0.15) is 0 Å². The summed E-state index contributed by atoms with van der Waals surface area (Å²) >= 11 is 14.9. The molecule has 0 aliphatic carbocycles. The highest BCUT2D eigenvalue weighted by Crippen LogP contribution is 2.49. The maximum atomic E-state index is 13.3. The third-order valence-electron chi connectivity index (χ3n) is 8.98. The number of nitrogens with two attached hydrogens (primary N) is 1. The van der Waals surface area contributed by atoms with Gasteiger partial charge in [-0.05, 0) is 25.0 Å². The van der Waals surface area contributed by atoms with E-state index in [-0.39, 0.29) is 32.3 Å². The molecule has 278 valence electrons. The fraction of sp³-hybridized carbons (Fsp3) is 0.294. The first kappa shape index (κ1) is 37.9. The average Bonchev–Trinajstić information content (AvgIpc) is 3.70. The first-order valence-corrected chi connectivity index (χ1v) is 18.5. The number of β-lactam (4-membered cyclic amide) rings is 1. The lowest BCUT2D eigenvalue weighted by atomic mass is 10.0. The number of thioether (sulfide) groups is 1. The number of benzene rings is 2. The van der Waals surface area contributed by atoms with E-state index in [1.807, 2.05) is 31.3 Å². The number of aromatic hydroxyl groups is 2. The number of allylic oxidation sites excluding steroid dienone is 1. The molecule has 7 N–H and O–H groups in total. The number of nitrogens with zero attached hydrogens (tertiary/aromatic N) is 4. The zero-order valence-corrected chi connectivity index (χ0v) is 31.4. The first-order chi connectivity index (χ1) is 24.9. The zero-order chi connectivity index (χ0) is 38.6. The van der Waals surface area contributed by atoms with Gasteiger partial charge in [-0.15, -0.1) is 23.1 Å². The van der Waals surface area contributed by atoms with Crippen molar-refractivity contribution in [3.8, 4) is 11.5 Å². The molecule has 15 nitrogen and oxygen atoms in total. The number of nitrogens with one attached hydrogen (secondary N) is 1. The van der Waals surface area contributed by atoms with E-state index in [0.29, 0.717) is 40.8 Å². The Hall–Kier alpha value is -4.81. The summed E-state index contributed by atoms with van der Waals surface area (Å²) < 4.78 is 0.510. The third-order valence-corrected chi connectivity index (χ3v) is 11.8. The summed E-state index contributed by atoms with van der Waals surface area (Å²) in [7, 11) is 2.02. The van der Waals surface area contributed by atoms with Crippen molar-refractivity contribution < 1.29 is 48.9 Å². The number of phenolic OH excluding ortho intramolecular Hbond substituents is 2. The molecule has 0 bridgehead atoms. The van der Waals surface area contributed by atoms with Crippen molar-refractivity contribution in [2.45, 2.75) is 50.5 Å². The van der Waals surface area contributed by atoms with Crippen LogP contribution in [0.4, 0.5) is 5.13 Å². The number of carboxylic acids is 2. The normalized spacial score (nSPS) is 19.5. The summed E-state index contributed by atoms with van der Waals surface area (Å²) in [6.45, 7) is 4.09. The van der Waals surface area contributed by atoms with Crippen LogP contribution in [-0.2, 0) is 43.7 Å². The smallest absolute Gasteiger partial charge is 0.352 e. The molecule has 0 unspecified atom stereocenters. The van der Waals surface area contributed by atoms with Crippen LogP contribution in [0, 0.1) is 0 Å². The Morgan fingerprint density at radius 3 is 2.28 bits per heavy atom. The van der Waals surface area contributed by atoms with Crippen LogP contribution in [0.3, 0.4) is 0 Å². The fourth-order valence-electron chi connectivity index (χ4n) is 6.17. The Morgan fingerprint density at radius 1 is 1.11 bits per heavy atom. The first-order valence-electron chi connectivity index (χ1n) is 15.8. The number of fused-ring (bicyclic) bond motifs is 2. The van der Waals surface area contributed by atoms with Crippen molar-refractivity contribution in [3.05, 3.63) is 85.0 Å². The van der Waals surface area contributed by atoms with Crippen molar-refractivity contribution in [2.24, 2.45) is 5.16 Å². The lowest BCUT2D eigenvalue weighted by Gasteiger charge is -2.49. The van der Waals surface area contributed by atoms with E-state index in [2.05, 4.69) is 15.5 Å². The number of carbonyl (C=O) groups excluding carboxylic acids is 2. The number of aromatic nitrogens is 1. The van der Waals surface area contributed by atoms with Crippen LogP contribution in [0.25, 0.3) is 6.08 Å². The molecule has 6 rings (SSSR count). The Morgan fingerprint density at radius 2 is 1.74 bits per heavy atom. The highest BCUT2D eigenvalue weighted by molar-refractivity contribution is 8.00. The molecular formula is C34H33Cl2N6O9S2+. The molecule has 1 saturated heterocycles. The minimum absolute atomic E-state index is 0.00665. The topological polar surface area (TPSA) is 225 Å². The molecular weight excluding hydrogens is 771 g/mol. The summed E-state index contributed by atoms with van der Waals surface area (Å²) in [6.07, 6.45) is 3.40. The maximum Gasteiger partial charge on any atom is 0.352 e. The largest absolute Gasteiger partial charge is 0.503 e. The van der Waals surface area contributed by atoms with E-state index in [1.54, 1.807) is 12.2 Å². The molecule has 2 amide bonds. The van der Waals surface area contributed by atoms with Crippen LogP contribution in [0.2, 0.25) is 10.0 Å². The van der Waals surface area contributed by atoms with Crippen LogP contribution in [-0.4, -0.2) is 94.1 Å². The Balaban J connectivity index is 1.14. The number of quaternary nitrogens is 1. The molecule has 0 radical (unpaired) electrons. The number of nitrogen functional groups attached to an aromatic ring is 1. The average molecular weight is 805 g/mol. The SMILES string of the molecule is CC(C)(O/N=C(\C(=O)N[C@@H]1C(=O)N2C(C(=O)O)=C(/C=C/c3ccc(C[N+]4(C)Cc5c(Cl)c(O)c(O)c(Cl)c5C4)cc3)CS[C@H]12)c1csc(N)n1)C(=O)O. The van der Waals surface area contributed by atoms with Crippen LogP contribution >= 0.6 is 46.3 Å². The minimum Gasteiger partial charge on any atom is -0.503 e. The summed E-state index contributed by atoms with van der Waals surface area (Å²) in [4.78, 5) is 60.9. The van der Waals surface area contributed by atoms with Crippen molar-refractivity contribution in [1.82, 2.24) is 15.2 Å². The number of thiazole rings is 1. The van der Waals surface area contributed by atoms with Gasteiger partial charge >= 0.3 is 11.9 Å². The van der Waals surface area contributed by atoms with E-state index in [1.165, 1.54) is 31.0 Å². The Bertz CT molecular complexity index is 2110. The van der Waals surface area contributed by atoms with Gasteiger partial charge in [-0.1, -0.05) is 64.8 Å². The number of phenols is 2. The predicted molar refractivity (Wildman–Crippen MR) is 198 cm³/mol. The van der Waals surface area contributed by atoms with Crippen LogP contribution in [0.15, 0.2) is 52.1 Å². The molecule has 3 aliphatic rings. The Labute approximate surface area is 320 Å². The second-order valence-electron chi connectivity index (χ2n) is 13.4. The van der Waals surface area contributed by atoms with Crippen LogP contribution in [0.1, 0.15) is 41.8 Å². The van der Waals surface area contributed by atoms with E-state index >= 15 is 0 Å². The van der Waals surface area contributed by atoms with E-state index in [4.69, 9.17) is 33.8 Å². The number of carboxylic acid groups (broad SMARTS) is 2. The van der Waals surface area contributed by atoms with Crippen LogP contribution < -0.4 is 11.1 Å². The van der Waals surface area contributed by atoms with Crippen molar-refractivity contribution in [2.75, 3.05) is 18.5 Å². The summed E-state index contributed by atoms with van der Waals surface area (Å²) in [5, 5.41) is 47.1. The van der Waals surface area contributed by atoms with Crippen LogP contribution in [0.5, 0.6) is 11.5 Å². The number of carbonyl (C=O) groups is 4. The van der Waals surface area contributed by atoms with Gasteiger partial charge in [0.15, 0.2) is 22.3 Å². The highest BCUT2D eigenvalue weighted by atomic mass is 35.5. The molecule has 3 aliphatic heterocycles. The predicted octanol–water partition coefficient (Wildman–Crippen LogP) is 4.14. The number of hydrogen-bond acceptors (Lipinski definition) is 12. The van der Waals surface area contributed by atoms with Gasteiger partial charge < -0.3 is 40.8 Å². The van der Waals surface area contributed by atoms with E-state index < -0.39 is 58.0 Å². The van der Waals surface area contributed by atoms with Crippen molar-refractivity contribution in [1.29, 1.82) is 0 Å². The minimum atomic E-state index is -1.79. The van der Waals surface area contributed by atoms with Gasteiger partial charge in [0.2, 0.25) is 5.60 Å².